The van der Waals surface area contributed by atoms with Crippen molar-refractivity contribution in [1.82, 2.24) is 13.7 Å². The second kappa shape index (κ2) is 17.2. The van der Waals surface area contributed by atoms with Crippen LogP contribution in [0.5, 0.6) is 0 Å². The van der Waals surface area contributed by atoms with E-state index in [1.165, 1.54) is 110 Å². The van der Waals surface area contributed by atoms with Gasteiger partial charge < -0.3 is 28.4 Å². The molecule has 6 nitrogen and oxygen atoms in total. The Morgan fingerprint density at radius 3 is 1.22 bits per heavy atom. The van der Waals surface area contributed by atoms with Crippen LogP contribution in [-0.2, 0) is 0 Å². The fourth-order valence-electron chi connectivity index (χ4n) is 16.0. The fraction of sp³-hybridized carbons (Fsp3) is 0. The normalized spacial score (nSPS) is 13.3. The number of hydrogen-bond donors (Lipinski definition) is 0. The highest BCUT2D eigenvalue weighted by Crippen LogP contribution is 2.50. The van der Waals surface area contributed by atoms with Gasteiger partial charge in [-0.2, -0.15) is 0 Å². The topological polar surface area (TPSA) is 24.5 Å². The van der Waals surface area contributed by atoms with Gasteiger partial charge in [0.05, 0.1) is 38.8 Å². The molecule has 4 aliphatic rings. The molecule has 0 spiro atoms. The number of rotatable bonds is 6. The van der Waals surface area contributed by atoms with Crippen LogP contribution in [0.3, 0.4) is 0 Å². The third-order valence-corrected chi connectivity index (χ3v) is 19.3. The highest BCUT2D eigenvalue weighted by atomic mass is 15.2. The van der Waals surface area contributed by atoms with Crippen molar-refractivity contribution in [1.29, 1.82) is 0 Å². The lowest BCUT2D eigenvalue weighted by molar-refractivity contribution is 1.15. The summed E-state index contributed by atoms with van der Waals surface area (Å²) in [5, 5.41) is 7.64. The smallest absolute Gasteiger partial charge is 0.252 e. The van der Waals surface area contributed by atoms with Crippen molar-refractivity contribution in [3.8, 4) is 17.1 Å². The van der Waals surface area contributed by atoms with E-state index in [0.29, 0.717) is 0 Å². The lowest BCUT2D eigenvalue weighted by Crippen LogP contribution is -2.61. The molecule has 4 aliphatic heterocycles. The summed E-state index contributed by atoms with van der Waals surface area (Å²) in [5.41, 5.74) is 29.0. The van der Waals surface area contributed by atoms with Crippen molar-refractivity contribution in [2.24, 2.45) is 0 Å². The SMILES string of the molecule is c1ccc(N(c2ccccc2)c2cc3c4c(c2)N(c2ccccc2)c2cc5c(cc2B4c2ccccc2N3c2ccccc2)c2cc3c(cc2n5-c2ccccc2)-n2c4ccccc4c4cc5c6ccccc6n6c5c(c42)B3c2ccccc2-6)cc1. The Bertz CT molecular complexity index is 5520. The summed E-state index contributed by atoms with van der Waals surface area (Å²) < 4.78 is 7.75. The van der Waals surface area contributed by atoms with Crippen molar-refractivity contribution in [2.45, 2.75) is 0 Å². The number of hydrogen-bond acceptors (Lipinski definition) is 3. The number of anilines is 9. The molecule has 0 saturated carbocycles. The lowest BCUT2D eigenvalue weighted by Gasteiger charge is -2.45. The maximum Gasteiger partial charge on any atom is 0.252 e. The molecule has 396 valence electrons. The zero-order valence-corrected chi connectivity index (χ0v) is 46.6. The van der Waals surface area contributed by atoms with Gasteiger partial charge in [-0.05, 0) is 148 Å². The van der Waals surface area contributed by atoms with E-state index in [9.17, 15) is 0 Å². The number of aromatic nitrogens is 3. The minimum absolute atomic E-state index is 0.0177. The molecule has 13 aromatic carbocycles. The maximum absolute atomic E-state index is 2.62. The van der Waals surface area contributed by atoms with E-state index < -0.39 is 0 Å². The molecule has 7 heterocycles. The fourth-order valence-corrected chi connectivity index (χ4v) is 16.0. The van der Waals surface area contributed by atoms with E-state index in [4.69, 9.17) is 0 Å². The number of nitrogens with zero attached hydrogens (tertiary/aromatic N) is 6. The largest absolute Gasteiger partial charge is 0.311 e. The Balaban J connectivity index is 0.927. The number of fused-ring (bicyclic) bond motifs is 19. The summed E-state index contributed by atoms with van der Waals surface area (Å²) >= 11 is 0. The first-order chi connectivity index (χ1) is 42.7. The molecule has 0 fully saturated rings. The summed E-state index contributed by atoms with van der Waals surface area (Å²) in [7, 11) is 0. The van der Waals surface area contributed by atoms with Gasteiger partial charge in [-0.15, -0.1) is 0 Å². The summed E-state index contributed by atoms with van der Waals surface area (Å²) in [5.74, 6) is 0. The third-order valence-electron chi connectivity index (χ3n) is 19.3. The van der Waals surface area contributed by atoms with Crippen molar-refractivity contribution in [2.75, 3.05) is 14.7 Å². The zero-order chi connectivity index (χ0) is 55.9. The second-order valence-electron chi connectivity index (χ2n) is 23.5. The van der Waals surface area contributed by atoms with Crippen LogP contribution in [0.15, 0.2) is 291 Å². The Labute approximate surface area is 496 Å². The van der Waals surface area contributed by atoms with Crippen LogP contribution in [-0.4, -0.2) is 27.1 Å². The molecule has 0 saturated heterocycles. The maximum atomic E-state index is 2.62. The molecule has 0 unspecified atom stereocenters. The van der Waals surface area contributed by atoms with Gasteiger partial charge in [0.1, 0.15) is 0 Å². The summed E-state index contributed by atoms with van der Waals surface area (Å²) in [6.45, 7) is -0.137. The molecule has 0 aliphatic carbocycles. The first-order valence-corrected chi connectivity index (χ1v) is 29.9. The highest BCUT2D eigenvalue weighted by Gasteiger charge is 2.46. The first-order valence-electron chi connectivity index (χ1n) is 29.9. The van der Waals surface area contributed by atoms with E-state index in [2.05, 4.69) is 320 Å². The minimum atomic E-state index is -0.119. The Morgan fingerprint density at radius 2 is 0.651 bits per heavy atom. The molecule has 16 aromatic rings. The average molecular weight is 1090 g/mol. The van der Waals surface area contributed by atoms with Crippen LogP contribution < -0.4 is 47.5 Å². The van der Waals surface area contributed by atoms with Crippen LogP contribution in [0.1, 0.15) is 0 Å². The van der Waals surface area contributed by atoms with E-state index >= 15 is 0 Å². The molecule has 0 atom stereocenters. The molecule has 0 amide bonds. The van der Waals surface area contributed by atoms with Gasteiger partial charge in [-0.25, -0.2) is 0 Å². The monoisotopic (exact) mass is 1090 g/mol. The molecular formula is C78H48B2N6. The van der Waals surface area contributed by atoms with Crippen LogP contribution in [0.4, 0.5) is 51.2 Å². The van der Waals surface area contributed by atoms with Crippen LogP contribution in [0, 0.1) is 0 Å². The quantitative estimate of drug-likeness (QED) is 0.155. The van der Waals surface area contributed by atoms with Gasteiger partial charge >= 0.3 is 0 Å². The summed E-state index contributed by atoms with van der Waals surface area (Å²) in [4.78, 5) is 7.50. The van der Waals surface area contributed by atoms with Gasteiger partial charge in [-0.1, -0.05) is 176 Å². The van der Waals surface area contributed by atoms with E-state index in [-0.39, 0.29) is 13.4 Å². The third kappa shape index (κ3) is 6.06. The van der Waals surface area contributed by atoms with Gasteiger partial charge in [-0.3, -0.25) is 0 Å². The molecule has 8 heteroatoms. The predicted octanol–water partition coefficient (Wildman–Crippen LogP) is 15.7. The van der Waals surface area contributed by atoms with E-state index in [1.807, 2.05) is 0 Å². The van der Waals surface area contributed by atoms with Crippen LogP contribution in [0.2, 0.25) is 0 Å². The standard InChI is InChI=1S/C78H48B2N6/c1-6-24-49(25-7-1)81(50-26-8-2-9-27-50)54-42-73-75-74(43-54)84(53-32-14-5-15-33-53)71-47-69-57(45-63(71)79(75)61-36-18-22-40-67(61)82(73)51-28-10-3-11-29-51)58-46-64-72(48-70(58)83(69)52-30-12-4-13-31-52)86-66-39-21-17-35-56(66)60-44-59-55-34-16-20-38-65(55)85-68-41-23-19-37-62(68)80(64)76(77(59)85)78(60)86/h1-48H. The predicted molar refractivity (Wildman–Crippen MR) is 363 cm³/mol. The molecule has 0 N–H and O–H groups in total. The Hall–Kier alpha value is -11.2. The van der Waals surface area contributed by atoms with E-state index in [0.717, 1.165) is 56.7 Å². The molecule has 0 bridgehead atoms. The first kappa shape index (κ1) is 46.3. The number of para-hydroxylation sites is 9. The zero-order valence-electron chi connectivity index (χ0n) is 46.6. The Kier molecular flexibility index (Phi) is 9.26. The molecule has 86 heavy (non-hydrogen) atoms. The van der Waals surface area contributed by atoms with Gasteiger partial charge in [0.25, 0.3) is 13.4 Å². The van der Waals surface area contributed by atoms with Crippen molar-refractivity contribution < 1.29 is 0 Å². The Morgan fingerprint density at radius 1 is 0.233 bits per heavy atom. The molecule has 0 radical (unpaired) electrons. The van der Waals surface area contributed by atoms with Gasteiger partial charge in [0.15, 0.2) is 0 Å². The van der Waals surface area contributed by atoms with Crippen LogP contribution >= 0.6 is 0 Å². The highest BCUT2D eigenvalue weighted by molar-refractivity contribution is 7.01. The van der Waals surface area contributed by atoms with Crippen molar-refractivity contribution >= 4 is 163 Å². The summed E-state index contributed by atoms with van der Waals surface area (Å²) in [6.07, 6.45) is 0. The number of benzene rings is 13. The van der Waals surface area contributed by atoms with Crippen LogP contribution in [0.25, 0.3) is 82.5 Å². The van der Waals surface area contributed by atoms with Gasteiger partial charge in [0, 0.05) is 94.9 Å². The molecule has 3 aromatic heterocycles. The van der Waals surface area contributed by atoms with E-state index in [1.54, 1.807) is 0 Å². The average Bonchev–Trinajstić information content (AvgIpc) is 1.45. The summed E-state index contributed by atoms with van der Waals surface area (Å²) in [6, 6.07) is 109. The van der Waals surface area contributed by atoms with Crippen molar-refractivity contribution in [3.05, 3.63) is 291 Å². The second-order valence-corrected chi connectivity index (χ2v) is 23.5. The minimum Gasteiger partial charge on any atom is -0.311 e. The van der Waals surface area contributed by atoms with Crippen molar-refractivity contribution in [3.63, 3.8) is 0 Å². The molecule has 20 rings (SSSR count). The molecular weight excluding hydrogens is 1040 g/mol. The lowest BCUT2D eigenvalue weighted by atomic mass is 9.33. The van der Waals surface area contributed by atoms with Gasteiger partial charge in [0.2, 0.25) is 0 Å².